The molecule has 24 heavy (non-hydrogen) atoms. The minimum atomic E-state index is -0.905. The van der Waals surface area contributed by atoms with Crippen LogP contribution >= 0.6 is 0 Å². The van der Waals surface area contributed by atoms with Crippen LogP contribution in [0, 0.1) is 5.41 Å². The van der Waals surface area contributed by atoms with Crippen LogP contribution in [0.5, 0.6) is 0 Å². The Morgan fingerprint density at radius 1 is 1.12 bits per heavy atom. The number of rotatable bonds is 2. The molecule has 2 aromatic carbocycles. The van der Waals surface area contributed by atoms with Gasteiger partial charge in [-0.2, -0.15) is 5.90 Å². The van der Waals surface area contributed by atoms with Gasteiger partial charge in [0.1, 0.15) is 0 Å². The van der Waals surface area contributed by atoms with Crippen LogP contribution in [-0.2, 0) is 9.63 Å². The molecule has 0 amide bonds. The van der Waals surface area contributed by atoms with Gasteiger partial charge in [-0.15, -0.1) is 0 Å². The van der Waals surface area contributed by atoms with E-state index in [9.17, 15) is 14.7 Å². The van der Waals surface area contributed by atoms with Crippen molar-refractivity contribution in [2.45, 2.75) is 25.2 Å². The lowest BCUT2D eigenvalue weighted by Crippen LogP contribution is -2.45. The molecule has 5 rings (SSSR count). The van der Waals surface area contributed by atoms with E-state index in [4.69, 9.17) is 5.90 Å². The lowest BCUT2D eigenvalue weighted by molar-refractivity contribution is -0.150. The highest BCUT2D eigenvalue weighted by Gasteiger charge is 2.55. The lowest BCUT2D eigenvalue weighted by Gasteiger charge is -2.50. The Hall–Kier alpha value is -2.66. The number of hydrogen-bond donors (Lipinski definition) is 2. The van der Waals surface area contributed by atoms with E-state index in [1.54, 1.807) is 19.1 Å². The van der Waals surface area contributed by atoms with Crippen molar-refractivity contribution in [3.63, 3.8) is 0 Å². The summed E-state index contributed by atoms with van der Waals surface area (Å²) >= 11 is 0. The van der Waals surface area contributed by atoms with Crippen molar-refractivity contribution in [2.24, 2.45) is 11.3 Å². The summed E-state index contributed by atoms with van der Waals surface area (Å²) in [5.74, 6) is 3.23. The molecule has 3 unspecified atom stereocenters. The molecule has 5 heteroatoms. The van der Waals surface area contributed by atoms with Gasteiger partial charge in [0.05, 0.1) is 11.0 Å². The van der Waals surface area contributed by atoms with Gasteiger partial charge in [-0.05, 0) is 41.7 Å². The van der Waals surface area contributed by atoms with Crippen molar-refractivity contribution in [1.82, 2.24) is 0 Å². The topological polar surface area (TPSA) is 89.6 Å². The number of fused-ring (bicyclic) bond motifs is 1. The molecule has 122 valence electrons. The SMILES string of the molecule is CC1(C(=O)O)CC2c3ccccc3C1c1cccc(C(=O)ON)c12. The third-order valence-corrected chi connectivity index (χ3v) is 5.56. The van der Waals surface area contributed by atoms with Crippen LogP contribution in [0.3, 0.4) is 0 Å². The number of nitrogens with two attached hydrogens (primary N) is 1. The second-order valence-corrected chi connectivity index (χ2v) is 6.76. The average Bonchev–Trinajstić information content (AvgIpc) is 2.60. The fourth-order valence-corrected chi connectivity index (χ4v) is 4.53. The average molecular weight is 323 g/mol. The van der Waals surface area contributed by atoms with Gasteiger partial charge in [0.25, 0.3) is 0 Å². The summed E-state index contributed by atoms with van der Waals surface area (Å²) in [7, 11) is 0. The first-order valence-electron chi connectivity index (χ1n) is 7.85. The summed E-state index contributed by atoms with van der Waals surface area (Å²) < 4.78 is 0. The van der Waals surface area contributed by atoms with Crippen molar-refractivity contribution < 1.29 is 19.5 Å². The van der Waals surface area contributed by atoms with Crippen LogP contribution in [-0.4, -0.2) is 17.0 Å². The van der Waals surface area contributed by atoms with E-state index >= 15 is 0 Å². The number of carboxylic acid groups (broad SMARTS) is 1. The molecule has 0 radical (unpaired) electrons. The van der Waals surface area contributed by atoms with E-state index < -0.39 is 17.4 Å². The molecule has 2 bridgehead atoms. The Balaban J connectivity index is 2.04. The van der Waals surface area contributed by atoms with Crippen molar-refractivity contribution in [3.8, 4) is 0 Å². The highest BCUT2D eigenvalue weighted by Crippen LogP contribution is 2.61. The van der Waals surface area contributed by atoms with Crippen LogP contribution in [0.2, 0.25) is 0 Å². The van der Waals surface area contributed by atoms with Crippen molar-refractivity contribution in [3.05, 3.63) is 70.3 Å². The van der Waals surface area contributed by atoms with Gasteiger partial charge >= 0.3 is 11.9 Å². The van der Waals surface area contributed by atoms with E-state index in [1.807, 2.05) is 30.3 Å². The molecule has 0 saturated carbocycles. The van der Waals surface area contributed by atoms with Gasteiger partial charge in [-0.1, -0.05) is 36.4 Å². The largest absolute Gasteiger partial charge is 0.481 e. The fourth-order valence-electron chi connectivity index (χ4n) is 4.53. The lowest BCUT2D eigenvalue weighted by atomic mass is 9.52. The maximum Gasteiger partial charge on any atom is 0.356 e. The summed E-state index contributed by atoms with van der Waals surface area (Å²) in [5, 5.41) is 9.88. The van der Waals surface area contributed by atoms with Gasteiger partial charge in [-0.25, -0.2) is 4.79 Å². The second-order valence-electron chi connectivity index (χ2n) is 6.76. The van der Waals surface area contributed by atoms with E-state index in [0.29, 0.717) is 12.0 Å². The third-order valence-electron chi connectivity index (χ3n) is 5.56. The molecule has 3 atom stereocenters. The van der Waals surface area contributed by atoms with E-state index in [2.05, 4.69) is 4.84 Å². The third kappa shape index (κ3) is 1.73. The molecule has 0 saturated heterocycles. The molecule has 0 aliphatic heterocycles. The van der Waals surface area contributed by atoms with Crippen molar-refractivity contribution in [2.75, 3.05) is 0 Å². The molecular weight excluding hydrogens is 306 g/mol. The summed E-state index contributed by atoms with van der Waals surface area (Å²) in [6.45, 7) is 1.79. The van der Waals surface area contributed by atoms with Gasteiger partial charge in [-0.3, -0.25) is 4.79 Å². The van der Waals surface area contributed by atoms with Crippen LogP contribution < -0.4 is 5.90 Å². The van der Waals surface area contributed by atoms with Crippen LogP contribution in [0.25, 0.3) is 0 Å². The zero-order valence-electron chi connectivity index (χ0n) is 13.2. The zero-order chi connectivity index (χ0) is 17.1. The zero-order valence-corrected chi connectivity index (χ0v) is 13.2. The predicted molar refractivity (Wildman–Crippen MR) is 86.5 cm³/mol. The van der Waals surface area contributed by atoms with Crippen molar-refractivity contribution >= 4 is 11.9 Å². The molecule has 3 aliphatic carbocycles. The van der Waals surface area contributed by atoms with E-state index in [-0.39, 0.29) is 11.8 Å². The number of carboxylic acids is 1. The van der Waals surface area contributed by atoms with E-state index in [0.717, 1.165) is 22.3 Å². The molecule has 0 spiro atoms. The highest BCUT2D eigenvalue weighted by atomic mass is 16.7. The number of benzene rings is 2. The summed E-state index contributed by atoms with van der Waals surface area (Å²) in [5.41, 5.74) is 3.38. The van der Waals surface area contributed by atoms with Gasteiger partial charge in [0.2, 0.25) is 0 Å². The monoisotopic (exact) mass is 323 g/mol. The van der Waals surface area contributed by atoms with Crippen LogP contribution in [0.15, 0.2) is 42.5 Å². The molecule has 0 heterocycles. The molecule has 3 aliphatic rings. The molecule has 0 aromatic heterocycles. The number of aliphatic carboxylic acids is 1. The molecule has 5 nitrogen and oxygen atoms in total. The summed E-state index contributed by atoms with van der Waals surface area (Å²) in [6.07, 6.45) is 0.450. The van der Waals surface area contributed by atoms with Crippen LogP contribution in [0.1, 0.15) is 57.8 Å². The highest BCUT2D eigenvalue weighted by molar-refractivity contribution is 5.93. The minimum absolute atomic E-state index is 0.155. The second kappa shape index (κ2) is 4.92. The molecular formula is C19H17NO4. The quantitative estimate of drug-likeness (QED) is 0.830. The fraction of sp³-hybridized carbons (Fsp3) is 0.263. The number of carbonyl (C=O) groups is 2. The number of hydrogen-bond acceptors (Lipinski definition) is 4. The van der Waals surface area contributed by atoms with Crippen LogP contribution in [0.4, 0.5) is 0 Å². The van der Waals surface area contributed by atoms with Gasteiger partial charge in [0, 0.05) is 11.8 Å². The predicted octanol–water partition coefficient (Wildman–Crippen LogP) is 2.79. The maximum absolute atomic E-state index is 12.1. The Morgan fingerprint density at radius 2 is 1.79 bits per heavy atom. The standard InChI is InChI=1S/C19H17NO4/c1-19(18(22)23)9-14-10-5-2-3-6-11(10)16(19)12-7-4-8-13(15(12)14)17(21)24-20/h2-8,14,16H,9,20H2,1H3,(H,22,23). The normalized spacial score (nSPS) is 26.4. The Morgan fingerprint density at radius 3 is 2.46 bits per heavy atom. The van der Waals surface area contributed by atoms with E-state index in [1.165, 1.54) is 0 Å². The minimum Gasteiger partial charge on any atom is -0.481 e. The smallest absolute Gasteiger partial charge is 0.356 e. The first-order chi connectivity index (χ1) is 11.5. The Bertz CT molecular complexity index is 875. The molecule has 0 fully saturated rings. The summed E-state index contributed by atoms with van der Waals surface area (Å²) in [4.78, 5) is 28.6. The first-order valence-corrected chi connectivity index (χ1v) is 7.85. The Labute approximate surface area is 139 Å². The van der Waals surface area contributed by atoms with Crippen molar-refractivity contribution in [1.29, 1.82) is 0 Å². The number of carbonyl (C=O) groups excluding carboxylic acids is 1. The maximum atomic E-state index is 12.1. The molecule has 3 N–H and O–H groups in total. The first kappa shape index (κ1) is 14.9. The van der Waals surface area contributed by atoms with Gasteiger partial charge < -0.3 is 9.94 Å². The summed E-state index contributed by atoms with van der Waals surface area (Å²) in [6, 6.07) is 13.2. The molecule has 2 aromatic rings. The van der Waals surface area contributed by atoms with Gasteiger partial charge in [0.15, 0.2) is 0 Å². The Kier molecular flexibility index (Phi) is 3.05.